The van der Waals surface area contributed by atoms with E-state index in [-0.39, 0.29) is 28.8 Å². The lowest BCUT2D eigenvalue weighted by Gasteiger charge is -2.28. The molecule has 1 saturated carbocycles. The Morgan fingerprint density at radius 1 is 1.12 bits per heavy atom. The van der Waals surface area contributed by atoms with Crippen molar-refractivity contribution in [3.8, 4) is 5.88 Å². The Bertz CT molecular complexity index is 1170. The molecule has 1 fully saturated rings. The van der Waals surface area contributed by atoms with Crippen LogP contribution in [0.25, 0.3) is 11.0 Å². The van der Waals surface area contributed by atoms with Gasteiger partial charge in [0, 0.05) is 24.2 Å². The quantitative estimate of drug-likeness (QED) is 0.595. The van der Waals surface area contributed by atoms with Crippen LogP contribution < -0.4 is 15.4 Å². The number of nitrogens with zero attached hydrogens (tertiary/aromatic N) is 2. The van der Waals surface area contributed by atoms with Crippen molar-refractivity contribution in [3.63, 3.8) is 0 Å². The molecule has 7 nitrogen and oxygen atoms in total. The number of rotatable bonds is 5. The average molecular weight is 457 g/mol. The number of methoxy groups -OCH3 is 1. The number of nitrogens with one attached hydrogen (secondary N) is 2. The van der Waals surface area contributed by atoms with E-state index in [2.05, 4.69) is 20.6 Å². The molecule has 0 aliphatic heterocycles. The number of fused-ring (bicyclic) bond motifs is 1. The first kappa shape index (κ1) is 22.0. The van der Waals surface area contributed by atoms with Gasteiger partial charge < -0.3 is 15.4 Å². The normalized spacial score (nSPS) is 18.2. The second kappa shape index (κ2) is 9.48. The molecule has 1 aromatic carbocycles. The number of benzene rings is 1. The lowest BCUT2D eigenvalue weighted by Crippen LogP contribution is -2.39. The van der Waals surface area contributed by atoms with Crippen LogP contribution in [0.2, 0.25) is 5.02 Å². The van der Waals surface area contributed by atoms with E-state index in [1.165, 1.54) is 19.2 Å². The van der Waals surface area contributed by atoms with Gasteiger partial charge in [0.1, 0.15) is 11.3 Å². The summed E-state index contributed by atoms with van der Waals surface area (Å²) in [6.45, 7) is 0. The summed E-state index contributed by atoms with van der Waals surface area (Å²) in [4.78, 5) is 34.1. The van der Waals surface area contributed by atoms with E-state index in [9.17, 15) is 14.0 Å². The number of hydrogen-bond acceptors (Lipinski definition) is 5. The number of carbonyl (C=O) groups is 2. The van der Waals surface area contributed by atoms with Crippen molar-refractivity contribution in [1.29, 1.82) is 0 Å². The number of ether oxygens (including phenoxy) is 1. The van der Waals surface area contributed by atoms with Crippen LogP contribution >= 0.6 is 11.6 Å². The second-order valence-corrected chi connectivity index (χ2v) is 8.12. The molecule has 3 aromatic rings. The molecule has 0 bridgehead atoms. The standard InChI is InChI=1S/C23H22ClFN4O3/c1-32-20-9-8-19-21(29-20)16(10-11-26-19)23(31)27-15-5-2-13(3-6-15)22(30)28-18-7-4-14(25)12-17(18)24/h4,7-13,15H,2-3,5-6H2,1H3,(H,27,31)(H,28,30). The van der Waals surface area contributed by atoms with Crippen LogP contribution in [0.4, 0.5) is 10.1 Å². The third kappa shape index (κ3) is 4.80. The third-order valence-corrected chi connectivity index (χ3v) is 5.95. The minimum Gasteiger partial charge on any atom is -0.481 e. The number of pyridine rings is 2. The largest absolute Gasteiger partial charge is 0.481 e. The lowest BCUT2D eigenvalue weighted by molar-refractivity contribution is -0.120. The summed E-state index contributed by atoms with van der Waals surface area (Å²) < 4.78 is 18.4. The van der Waals surface area contributed by atoms with Crippen LogP contribution in [-0.4, -0.2) is 34.9 Å². The number of carbonyl (C=O) groups excluding carboxylic acids is 2. The summed E-state index contributed by atoms with van der Waals surface area (Å²) in [5.74, 6) is -0.631. The van der Waals surface area contributed by atoms with E-state index in [0.29, 0.717) is 53.8 Å². The van der Waals surface area contributed by atoms with Gasteiger partial charge in [-0.25, -0.2) is 9.37 Å². The molecule has 4 rings (SSSR count). The number of hydrogen-bond donors (Lipinski definition) is 2. The zero-order valence-corrected chi connectivity index (χ0v) is 18.2. The molecule has 166 valence electrons. The molecule has 2 aromatic heterocycles. The van der Waals surface area contributed by atoms with Gasteiger partial charge in [-0.15, -0.1) is 0 Å². The van der Waals surface area contributed by atoms with E-state index < -0.39 is 5.82 Å². The van der Waals surface area contributed by atoms with Crippen LogP contribution in [0.5, 0.6) is 5.88 Å². The fourth-order valence-corrected chi connectivity index (χ4v) is 4.11. The van der Waals surface area contributed by atoms with E-state index >= 15 is 0 Å². The Labute approximate surface area is 189 Å². The van der Waals surface area contributed by atoms with Gasteiger partial charge in [-0.2, -0.15) is 0 Å². The molecular formula is C23H22ClFN4O3. The lowest BCUT2D eigenvalue weighted by atomic mass is 9.85. The van der Waals surface area contributed by atoms with Gasteiger partial charge in [-0.05, 0) is 56.0 Å². The van der Waals surface area contributed by atoms with Gasteiger partial charge in [-0.3, -0.25) is 14.6 Å². The Kier molecular flexibility index (Phi) is 6.50. The first-order valence-electron chi connectivity index (χ1n) is 10.3. The highest BCUT2D eigenvalue weighted by Gasteiger charge is 2.28. The highest BCUT2D eigenvalue weighted by atomic mass is 35.5. The Morgan fingerprint density at radius 3 is 2.62 bits per heavy atom. The van der Waals surface area contributed by atoms with Gasteiger partial charge >= 0.3 is 0 Å². The van der Waals surface area contributed by atoms with Crippen molar-refractivity contribution in [2.45, 2.75) is 31.7 Å². The fraction of sp³-hybridized carbons (Fsp3) is 0.304. The molecule has 0 saturated heterocycles. The second-order valence-electron chi connectivity index (χ2n) is 7.72. The zero-order chi connectivity index (χ0) is 22.7. The van der Waals surface area contributed by atoms with Crippen LogP contribution in [0, 0.1) is 11.7 Å². The molecule has 1 aliphatic rings. The van der Waals surface area contributed by atoms with Gasteiger partial charge in [0.05, 0.1) is 28.9 Å². The molecule has 0 atom stereocenters. The van der Waals surface area contributed by atoms with Crippen molar-refractivity contribution in [3.05, 3.63) is 59.0 Å². The smallest absolute Gasteiger partial charge is 0.253 e. The summed E-state index contributed by atoms with van der Waals surface area (Å²) in [6, 6.07) is 8.91. The van der Waals surface area contributed by atoms with E-state index in [1.54, 1.807) is 24.4 Å². The number of anilines is 1. The van der Waals surface area contributed by atoms with E-state index in [0.717, 1.165) is 6.07 Å². The highest BCUT2D eigenvalue weighted by Crippen LogP contribution is 2.28. The zero-order valence-electron chi connectivity index (χ0n) is 17.4. The number of aromatic nitrogens is 2. The maximum Gasteiger partial charge on any atom is 0.253 e. The van der Waals surface area contributed by atoms with Gasteiger partial charge in [0.15, 0.2) is 0 Å². The van der Waals surface area contributed by atoms with Gasteiger partial charge in [0.25, 0.3) is 5.91 Å². The molecule has 2 amide bonds. The number of halogens is 2. The topological polar surface area (TPSA) is 93.2 Å². The minimum atomic E-state index is -0.458. The molecule has 9 heteroatoms. The Morgan fingerprint density at radius 2 is 1.91 bits per heavy atom. The maximum absolute atomic E-state index is 13.2. The fourth-order valence-electron chi connectivity index (χ4n) is 3.89. The summed E-state index contributed by atoms with van der Waals surface area (Å²) >= 11 is 5.99. The summed E-state index contributed by atoms with van der Waals surface area (Å²) in [5.41, 5.74) is 1.91. The summed E-state index contributed by atoms with van der Waals surface area (Å²) in [7, 11) is 1.52. The predicted octanol–water partition coefficient (Wildman–Crippen LogP) is 4.36. The van der Waals surface area contributed by atoms with Crippen molar-refractivity contribution < 1.29 is 18.7 Å². The summed E-state index contributed by atoms with van der Waals surface area (Å²) in [5, 5.41) is 5.98. The molecule has 1 aliphatic carbocycles. The molecule has 0 radical (unpaired) electrons. The molecule has 0 unspecified atom stereocenters. The van der Waals surface area contributed by atoms with Crippen molar-refractivity contribution in [2.75, 3.05) is 12.4 Å². The van der Waals surface area contributed by atoms with E-state index in [4.69, 9.17) is 16.3 Å². The highest BCUT2D eigenvalue weighted by molar-refractivity contribution is 6.33. The first-order chi connectivity index (χ1) is 15.4. The van der Waals surface area contributed by atoms with Gasteiger partial charge in [0.2, 0.25) is 11.8 Å². The molecule has 2 heterocycles. The SMILES string of the molecule is COc1ccc2nccc(C(=O)NC3CCC(C(=O)Nc4ccc(F)cc4Cl)CC3)c2n1. The first-order valence-corrected chi connectivity index (χ1v) is 10.7. The molecule has 2 N–H and O–H groups in total. The van der Waals surface area contributed by atoms with E-state index in [1.807, 2.05) is 0 Å². The van der Waals surface area contributed by atoms with Crippen LogP contribution in [0.1, 0.15) is 36.0 Å². The summed E-state index contributed by atoms with van der Waals surface area (Å²) in [6.07, 6.45) is 4.16. The van der Waals surface area contributed by atoms with Crippen molar-refractivity contribution >= 4 is 40.1 Å². The Hall–Kier alpha value is -3.26. The minimum absolute atomic E-state index is 0.0465. The maximum atomic E-state index is 13.2. The van der Waals surface area contributed by atoms with Crippen LogP contribution in [0.3, 0.4) is 0 Å². The predicted molar refractivity (Wildman–Crippen MR) is 119 cm³/mol. The monoisotopic (exact) mass is 456 g/mol. The molecule has 32 heavy (non-hydrogen) atoms. The van der Waals surface area contributed by atoms with Crippen molar-refractivity contribution in [1.82, 2.24) is 15.3 Å². The van der Waals surface area contributed by atoms with Crippen LogP contribution in [-0.2, 0) is 4.79 Å². The average Bonchev–Trinajstić information content (AvgIpc) is 2.80. The molecule has 0 spiro atoms. The van der Waals surface area contributed by atoms with Crippen molar-refractivity contribution in [2.24, 2.45) is 5.92 Å². The molecular weight excluding hydrogens is 435 g/mol. The third-order valence-electron chi connectivity index (χ3n) is 5.63. The Balaban J connectivity index is 1.36. The van der Waals surface area contributed by atoms with Crippen LogP contribution in [0.15, 0.2) is 42.6 Å². The number of amides is 2. The van der Waals surface area contributed by atoms with Gasteiger partial charge in [-0.1, -0.05) is 11.6 Å².